The molecule has 0 rings (SSSR count). The lowest BCUT2D eigenvalue weighted by atomic mass is 10.1. The molecule has 2 nitrogen and oxygen atoms in total. The summed E-state index contributed by atoms with van der Waals surface area (Å²) in [5, 5.41) is 12.3. The van der Waals surface area contributed by atoms with Crippen LogP contribution in [0.15, 0.2) is 0 Å². The molecular formula is C12H27NO. The third kappa shape index (κ3) is 8.52. The van der Waals surface area contributed by atoms with Gasteiger partial charge in [0.1, 0.15) is 0 Å². The highest BCUT2D eigenvalue weighted by molar-refractivity contribution is 4.63. The maximum Gasteiger partial charge on any atom is 0.0468 e. The van der Waals surface area contributed by atoms with Gasteiger partial charge >= 0.3 is 0 Å². The van der Waals surface area contributed by atoms with Crippen LogP contribution in [-0.4, -0.2) is 24.3 Å². The zero-order chi connectivity index (χ0) is 10.8. The Kier molecular flexibility index (Phi) is 9.42. The maximum absolute atomic E-state index is 8.85. The van der Waals surface area contributed by atoms with Gasteiger partial charge in [0.15, 0.2) is 0 Å². The number of hydrogen-bond donors (Lipinski definition) is 2. The molecule has 0 saturated heterocycles. The predicted octanol–water partition coefficient (Wildman–Crippen LogP) is 2.56. The molecule has 0 aliphatic rings. The Morgan fingerprint density at radius 2 is 1.86 bits per heavy atom. The monoisotopic (exact) mass is 201 g/mol. The highest BCUT2D eigenvalue weighted by atomic mass is 16.3. The van der Waals surface area contributed by atoms with Crippen molar-refractivity contribution in [2.24, 2.45) is 5.92 Å². The molecule has 0 aliphatic heterocycles. The fourth-order valence-electron chi connectivity index (χ4n) is 1.45. The quantitative estimate of drug-likeness (QED) is 0.562. The van der Waals surface area contributed by atoms with Crippen LogP contribution in [0.25, 0.3) is 0 Å². The fraction of sp³-hybridized carbons (Fsp3) is 1.00. The molecule has 0 saturated carbocycles. The van der Waals surface area contributed by atoms with E-state index in [9.17, 15) is 0 Å². The van der Waals surface area contributed by atoms with Crippen molar-refractivity contribution in [2.75, 3.05) is 13.2 Å². The zero-order valence-corrected chi connectivity index (χ0v) is 10.1. The number of hydrogen-bond acceptors (Lipinski definition) is 2. The van der Waals surface area contributed by atoms with Crippen molar-refractivity contribution < 1.29 is 5.11 Å². The normalized spacial score (nSPS) is 15.4. The third-order valence-electron chi connectivity index (χ3n) is 2.62. The van der Waals surface area contributed by atoms with Crippen LogP contribution < -0.4 is 5.32 Å². The van der Waals surface area contributed by atoms with Crippen molar-refractivity contribution in [1.29, 1.82) is 0 Å². The van der Waals surface area contributed by atoms with E-state index >= 15 is 0 Å². The number of rotatable bonds is 9. The minimum Gasteiger partial charge on any atom is -0.396 e. The second-order valence-corrected chi connectivity index (χ2v) is 4.45. The van der Waals surface area contributed by atoms with Crippen molar-refractivity contribution >= 4 is 0 Å². The standard InChI is InChI=1S/C12H27NO/c1-4-5-6-7-8-12(3)13-9-11(2)10-14/h11-14H,4-10H2,1-3H3. The summed E-state index contributed by atoms with van der Waals surface area (Å²) < 4.78 is 0. The molecule has 2 N–H and O–H groups in total. The van der Waals surface area contributed by atoms with Gasteiger partial charge < -0.3 is 10.4 Å². The van der Waals surface area contributed by atoms with Crippen LogP contribution in [-0.2, 0) is 0 Å². The molecule has 2 unspecified atom stereocenters. The van der Waals surface area contributed by atoms with Crippen molar-refractivity contribution in [3.05, 3.63) is 0 Å². The van der Waals surface area contributed by atoms with Gasteiger partial charge in [-0.15, -0.1) is 0 Å². The van der Waals surface area contributed by atoms with Gasteiger partial charge in [-0.05, 0) is 19.3 Å². The number of unbranched alkanes of at least 4 members (excludes halogenated alkanes) is 3. The molecule has 14 heavy (non-hydrogen) atoms. The molecule has 0 aliphatic carbocycles. The summed E-state index contributed by atoms with van der Waals surface area (Å²) in [5.41, 5.74) is 0. The molecule has 2 heteroatoms. The van der Waals surface area contributed by atoms with E-state index in [1.54, 1.807) is 0 Å². The average Bonchev–Trinajstić information content (AvgIpc) is 2.21. The first-order valence-electron chi connectivity index (χ1n) is 6.05. The van der Waals surface area contributed by atoms with Crippen molar-refractivity contribution in [3.8, 4) is 0 Å². The van der Waals surface area contributed by atoms with Crippen LogP contribution >= 0.6 is 0 Å². The van der Waals surface area contributed by atoms with Gasteiger partial charge in [0.2, 0.25) is 0 Å². The van der Waals surface area contributed by atoms with E-state index in [2.05, 4.69) is 26.1 Å². The maximum atomic E-state index is 8.85. The molecule has 0 aromatic carbocycles. The molecule has 0 fully saturated rings. The summed E-state index contributed by atoms with van der Waals surface area (Å²) in [4.78, 5) is 0. The van der Waals surface area contributed by atoms with Crippen LogP contribution in [0.5, 0.6) is 0 Å². The lowest BCUT2D eigenvalue weighted by Crippen LogP contribution is -2.31. The van der Waals surface area contributed by atoms with E-state index in [1.807, 2.05) is 0 Å². The van der Waals surface area contributed by atoms with Crippen molar-refractivity contribution in [1.82, 2.24) is 5.32 Å². The predicted molar refractivity (Wildman–Crippen MR) is 62.5 cm³/mol. The van der Waals surface area contributed by atoms with Crippen molar-refractivity contribution in [3.63, 3.8) is 0 Å². The molecule has 0 bridgehead atoms. The van der Waals surface area contributed by atoms with Crippen LogP contribution in [0.3, 0.4) is 0 Å². The highest BCUT2D eigenvalue weighted by Gasteiger charge is 2.03. The minimum absolute atomic E-state index is 0.287. The van der Waals surface area contributed by atoms with E-state index in [0.717, 1.165) is 6.54 Å². The van der Waals surface area contributed by atoms with E-state index in [-0.39, 0.29) is 6.61 Å². The largest absolute Gasteiger partial charge is 0.396 e. The molecule has 86 valence electrons. The lowest BCUT2D eigenvalue weighted by molar-refractivity contribution is 0.230. The molecule has 2 atom stereocenters. The Hall–Kier alpha value is -0.0800. The van der Waals surface area contributed by atoms with E-state index in [1.165, 1.54) is 32.1 Å². The highest BCUT2D eigenvalue weighted by Crippen LogP contribution is 2.05. The van der Waals surface area contributed by atoms with E-state index < -0.39 is 0 Å². The molecule has 0 aromatic rings. The number of aliphatic hydroxyl groups is 1. The minimum atomic E-state index is 0.287. The number of aliphatic hydroxyl groups excluding tert-OH is 1. The molecule has 0 aromatic heterocycles. The second-order valence-electron chi connectivity index (χ2n) is 4.45. The Balaban J connectivity index is 3.23. The van der Waals surface area contributed by atoms with Crippen LogP contribution in [0.4, 0.5) is 0 Å². The summed E-state index contributed by atoms with van der Waals surface area (Å²) in [6, 6.07) is 0.598. The summed E-state index contributed by atoms with van der Waals surface area (Å²) in [5.74, 6) is 0.382. The first-order valence-corrected chi connectivity index (χ1v) is 6.05. The summed E-state index contributed by atoms with van der Waals surface area (Å²) >= 11 is 0. The van der Waals surface area contributed by atoms with Gasteiger partial charge in [0.05, 0.1) is 0 Å². The van der Waals surface area contributed by atoms with Crippen LogP contribution in [0, 0.1) is 5.92 Å². The van der Waals surface area contributed by atoms with Gasteiger partial charge in [0, 0.05) is 19.2 Å². The van der Waals surface area contributed by atoms with Crippen LogP contribution in [0.2, 0.25) is 0 Å². The summed E-state index contributed by atoms with van der Waals surface area (Å²) in [6.07, 6.45) is 6.62. The Bertz CT molecular complexity index is 117. The fourth-order valence-corrected chi connectivity index (χ4v) is 1.45. The Labute approximate surface area is 89.1 Å². The number of nitrogens with one attached hydrogen (secondary N) is 1. The lowest BCUT2D eigenvalue weighted by Gasteiger charge is -2.16. The van der Waals surface area contributed by atoms with Gasteiger partial charge in [-0.3, -0.25) is 0 Å². The molecular weight excluding hydrogens is 174 g/mol. The Morgan fingerprint density at radius 3 is 2.43 bits per heavy atom. The zero-order valence-electron chi connectivity index (χ0n) is 10.1. The molecule has 0 amide bonds. The van der Waals surface area contributed by atoms with E-state index in [4.69, 9.17) is 5.11 Å². The van der Waals surface area contributed by atoms with E-state index in [0.29, 0.717) is 12.0 Å². The van der Waals surface area contributed by atoms with Gasteiger partial charge in [-0.25, -0.2) is 0 Å². The third-order valence-corrected chi connectivity index (χ3v) is 2.62. The average molecular weight is 201 g/mol. The topological polar surface area (TPSA) is 32.3 Å². The van der Waals surface area contributed by atoms with Crippen molar-refractivity contribution in [2.45, 2.75) is 58.9 Å². The summed E-state index contributed by atoms with van der Waals surface area (Å²) in [6.45, 7) is 7.76. The molecule has 0 radical (unpaired) electrons. The Morgan fingerprint density at radius 1 is 1.14 bits per heavy atom. The van der Waals surface area contributed by atoms with Gasteiger partial charge in [0.25, 0.3) is 0 Å². The van der Waals surface area contributed by atoms with Crippen LogP contribution in [0.1, 0.15) is 52.9 Å². The second kappa shape index (κ2) is 9.47. The SMILES string of the molecule is CCCCCCC(C)NCC(C)CO. The molecule has 0 heterocycles. The molecule has 0 spiro atoms. The first kappa shape index (κ1) is 13.9. The first-order chi connectivity index (χ1) is 6.70. The van der Waals surface area contributed by atoms with Gasteiger partial charge in [-0.2, -0.15) is 0 Å². The smallest absolute Gasteiger partial charge is 0.0468 e. The summed E-state index contributed by atoms with van der Waals surface area (Å²) in [7, 11) is 0. The van der Waals surface area contributed by atoms with Gasteiger partial charge in [-0.1, -0.05) is 39.5 Å².